The molecule has 2 aromatic rings. The third-order valence-electron chi connectivity index (χ3n) is 3.04. The largest absolute Gasteiger partial charge is 0.399 e. The number of aromatic nitrogens is 2. The molecule has 2 N–H and O–H groups in total. The summed E-state index contributed by atoms with van der Waals surface area (Å²) in [5.74, 6) is 1.78. The van der Waals surface area contributed by atoms with Gasteiger partial charge in [-0.1, -0.05) is 6.07 Å². The van der Waals surface area contributed by atoms with Gasteiger partial charge in [-0.05, 0) is 36.2 Å². The zero-order valence-electron chi connectivity index (χ0n) is 9.72. The highest BCUT2D eigenvalue weighted by atomic mass is 15.2. The quantitative estimate of drug-likeness (QED) is 0.754. The smallest absolute Gasteiger partial charge is 0.132 e. The molecule has 4 nitrogen and oxygen atoms in total. The third-order valence-corrected chi connectivity index (χ3v) is 3.04. The summed E-state index contributed by atoms with van der Waals surface area (Å²) in [4.78, 5) is 10.8. The lowest BCUT2D eigenvalue weighted by Gasteiger charge is -2.16. The van der Waals surface area contributed by atoms with Gasteiger partial charge in [0.2, 0.25) is 0 Å². The van der Waals surface area contributed by atoms with E-state index in [4.69, 9.17) is 5.73 Å². The Morgan fingerprint density at radius 3 is 2.82 bits per heavy atom. The second-order valence-electron chi connectivity index (χ2n) is 4.35. The van der Waals surface area contributed by atoms with Crippen molar-refractivity contribution in [2.45, 2.75) is 20.0 Å². The first-order valence-corrected chi connectivity index (χ1v) is 5.64. The average Bonchev–Trinajstić information content (AvgIpc) is 2.72. The summed E-state index contributed by atoms with van der Waals surface area (Å²) in [7, 11) is 0. The van der Waals surface area contributed by atoms with Gasteiger partial charge in [0.25, 0.3) is 0 Å². The molecule has 2 heterocycles. The van der Waals surface area contributed by atoms with Gasteiger partial charge in [0.1, 0.15) is 11.6 Å². The van der Waals surface area contributed by atoms with E-state index >= 15 is 0 Å². The number of nitrogens with zero attached hydrogens (tertiary/aromatic N) is 3. The van der Waals surface area contributed by atoms with Crippen molar-refractivity contribution in [3.05, 3.63) is 47.4 Å². The van der Waals surface area contributed by atoms with E-state index in [-0.39, 0.29) is 0 Å². The molecule has 0 aliphatic carbocycles. The number of hydrogen-bond acceptors (Lipinski definition) is 4. The SMILES string of the molecule is Cc1nccc(N2Cc3ccc(N)cc3C2)n1. The Balaban J connectivity index is 1.91. The third kappa shape index (κ3) is 1.82. The van der Waals surface area contributed by atoms with Crippen molar-refractivity contribution in [1.82, 2.24) is 9.97 Å². The molecule has 86 valence electrons. The maximum Gasteiger partial charge on any atom is 0.132 e. The van der Waals surface area contributed by atoms with E-state index in [1.54, 1.807) is 6.20 Å². The number of hydrogen-bond donors (Lipinski definition) is 1. The van der Waals surface area contributed by atoms with Gasteiger partial charge in [0, 0.05) is 25.0 Å². The van der Waals surface area contributed by atoms with Crippen LogP contribution in [0.4, 0.5) is 11.5 Å². The molecule has 0 atom stereocenters. The van der Waals surface area contributed by atoms with Crippen molar-refractivity contribution in [3.63, 3.8) is 0 Å². The van der Waals surface area contributed by atoms with Crippen LogP contribution in [0, 0.1) is 6.92 Å². The molecule has 0 radical (unpaired) electrons. The lowest BCUT2D eigenvalue weighted by molar-refractivity contribution is 0.842. The normalized spacial score (nSPS) is 13.8. The van der Waals surface area contributed by atoms with Crippen LogP contribution in [0.15, 0.2) is 30.5 Å². The fraction of sp³-hybridized carbons (Fsp3) is 0.231. The van der Waals surface area contributed by atoms with Gasteiger partial charge in [0.15, 0.2) is 0 Å². The van der Waals surface area contributed by atoms with E-state index in [2.05, 4.69) is 20.9 Å². The van der Waals surface area contributed by atoms with Gasteiger partial charge < -0.3 is 10.6 Å². The Morgan fingerprint density at radius 2 is 2.00 bits per heavy atom. The number of benzene rings is 1. The van der Waals surface area contributed by atoms with E-state index in [1.807, 2.05) is 25.1 Å². The van der Waals surface area contributed by atoms with E-state index in [0.29, 0.717) is 0 Å². The molecule has 0 unspecified atom stereocenters. The Hall–Kier alpha value is -2.10. The van der Waals surface area contributed by atoms with Gasteiger partial charge >= 0.3 is 0 Å². The van der Waals surface area contributed by atoms with Gasteiger partial charge in [0.05, 0.1) is 0 Å². The van der Waals surface area contributed by atoms with Crippen LogP contribution >= 0.6 is 0 Å². The van der Waals surface area contributed by atoms with Gasteiger partial charge in [-0.3, -0.25) is 0 Å². The molecule has 1 aromatic heterocycles. The first-order chi connectivity index (χ1) is 8.22. The molecule has 17 heavy (non-hydrogen) atoms. The van der Waals surface area contributed by atoms with E-state index in [1.165, 1.54) is 11.1 Å². The highest BCUT2D eigenvalue weighted by Crippen LogP contribution is 2.27. The summed E-state index contributed by atoms with van der Waals surface area (Å²) in [5.41, 5.74) is 9.24. The van der Waals surface area contributed by atoms with E-state index < -0.39 is 0 Å². The van der Waals surface area contributed by atoms with Crippen LogP contribution in [0.25, 0.3) is 0 Å². The first kappa shape index (κ1) is 10.1. The Morgan fingerprint density at radius 1 is 1.18 bits per heavy atom. The summed E-state index contributed by atoms with van der Waals surface area (Å²) in [6, 6.07) is 8.04. The Kier molecular flexibility index (Phi) is 2.21. The van der Waals surface area contributed by atoms with Crippen molar-refractivity contribution >= 4 is 11.5 Å². The van der Waals surface area contributed by atoms with Gasteiger partial charge in [-0.2, -0.15) is 0 Å². The summed E-state index contributed by atoms with van der Waals surface area (Å²) < 4.78 is 0. The predicted molar refractivity (Wildman–Crippen MR) is 67.5 cm³/mol. The number of nitrogen functional groups attached to an aromatic ring is 1. The fourth-order valence-electron chi connectivity index (χ4n) is 2.20. The zero-order chi connectivity index (χ0) is 11.8. The summed E-state index contributed by atoms with van der Waals surface area (Å²) in [6.07, 6.45) is 1.80. The summed E-state index contributed by atoms with van der Waals surface area (Å²) in [6.45, 7) is 3.67. The minimum atomic E-state index is 0.804. The Labute approximate surface area is 100 Å². The van der Waals surface area contributed by atoms with Crippen molar-refractivity contribution in [1.29, 1.82) is 0 Å². The Bertz CT molecular complexity index is 565. The molecule has 1 aromatic carbocycles. The molecule has 1 aliphatic rings. The summed E-state index contributed by atoms with van der Waals surface area (Å²) >= 11 is 0. The molecule has 0 saturated heterocycles. The monoisotopic (exact) mass is 226 g/mol. The maximum atomic E-state index is 5.79. The van der Waals surface area contributed by atoms with Crippen LogP contribution in [0.5, 0.6) is 0 Å². The highest BCUT2D eigenvalue weighted by molar-refractivity contribution is 5.52. The summed E-state index contributed by atoms with van der Waals surface area (Å²) in [5, 5.41) is 0. The molecule has 0 fully saturated rings. The van der Waals surface area contributed by atoms with Crippen molar-refractivity contribution in [2.75, 3.05) is 10.6 Å². The molecule has 0 saturated carbocycles. The average molecular weight is 226 g/mol. The molecule has 0 spiro atoms. The molecular formula is C13H14N4. The number of fused-ring (bicyclic) bond motifs is 1. The second-order valence-corrected chi connectivity index (χ2v) is 4.35. The zero-order valence-corrected chi connectivity index (χ0v) is 9.72. The molecule has 0 amide bonds. The van der Waals surface area contributed by atoms with Crippen LogP contribution in [0.3, 0.4) is 0 Å². The number of anilines is 2. The van der Waals surface area contributed by atoms with Crippen molar-refractivity contribution < 1.29 is 0 Å². The van der Waals surface area contributed by atoms with E-state index in [0.717, 1.165) is 30.4 Å². The lowest BCUT2D eigenvalue weighted by atomic mass is 10.1. The highest BCUT2D eigenvalue weighted by Gasteiger charge is 2.20. The standard InChI is InChI=1S/C13H14N4/c1-9-15-5-4-13(16-9)17-7-10-2-3-12(14)6-11(10)8-17/h2-6H,7-8,14H2,1H3. The number of nitrogens with two attached hydrogens (primary N) is 1. The van der Waals surface area contributed by atoms with Crippen LogP contribution in [0.2, 0.25) is 0 Å². The van der Waals surface area contributed by atoms with Crippen LogP contribution < -0.4 is 10.6 Å². The van der Waals surface area contributed by atoms with Gasteiger partial charge in [-0.25, -0.2) is 9.97 Å². The topological polar surface area (TPSA) is 55.0 Å². The fourth-order valence-corrected chi connectivity index (χ4v) is 2.20. The van der Waals surface area contributed by atoms with Crippen LogP contribution in [-0.2, 0) is 13.1 Å². The minimum Gasteiger partial charge on any atom is -0.399 e. The first-order valence-electron chi connectivity index (χ1n) is 5.64. The van der Waals surface area contributed by atoms with Crippen LogP contribution in [0.1, 0.15) is 17.0 Å². The lowest BCUT2D eigenvalue weighted by Crippen LogP contribution is -2.16. The molecular weight excluding hydrogens is 212 g/mol. The van der Waals surface area contributed by atoms with E-state index in [9.17, 15) is 0 Å². The van der Waals surface area contributed by atoms with Crippen molar-refractivity contribution in [2.24, 2.45) is 0 Å². The second kappa shape index (κ2) is 3.73. The molecule has 0 bridgehead atoms. The number of aryl methyl sites for hydroxylation is 1. The number of rotatable bonds is 1. The predicted octanol–water partition coefficient (Wildman–Crippen LogP) is 1.89. The molecule has 3 rings (SSSR count). The molecule has 1 aliphatic heterocycles. The van der Waals surface area contributed by atoms with Gasteiger partial charge in [-0.15, -0.1) is 0 Å². The van der Waals surface area contributed by atoms with Crippen LogP contribution in [-0.4, -0.2) is 9.97 Å². The maximum absolute atomic E-state index is 5.79. The van der Waals surface area contributed by atoms with Crippen molar-refractivity contribution in [3.8, 4) is 0 Å². The molecule has 4 heteroatoms. The minimum absolute atomic E-state index is 0.804.